The Morgan fingerprint density at radius 2 is 2.22 bits per heavy atom. The number of piperidine rings is 1. The molecule has 2 rings (SSSR count). The summed E-state index contributed by atoms with van der Waals surface area (Å²) in [7, 11) is 2.18. The molecule has 0 bridgehead atoms. The molecule has 3 heteroatoms. The van der Waals surface area contributed by atoms with Gasteiger partial charge in [-0.1, -0.05) is 24.1 Å². The van der Waals surface area contributed by atoms with Gasteiger partial charge in [0.2, 0.25) is 0 Å². The van der Waals surface area contributed by atoms with E-state index in [0.29, 0.717) is 12.6 Å². The molecular formula is C15H23FN2. The zero-order valence-electron chi connectivity index (χ0n) is 11.4. The quantitative estimate of drug-likeness (QED) is 0.884. The Hall–Kier alpha value is -0.930. The molecule has 1 saturated heterocycles. The molecule has 100 valence electrons. The number of benzene rings is 1. The van der Waals surface area contributed by atoms with Crippen LogP contribution in [0.1, 0.15) is 30.4 Å². The Labute approximate surface area is 109 Å². The second-order valence-electron chi connectivity index (χ2n) is 5.36. The number of likely N-dealkylation sites (tertiary alicyclic amines) is 1. The smallest absolute Gasteiger partial charge is 0.127 e. The van der Waals surface area contributed by atoms with Gasteiger partial charge >= 0.3 is 0 Å². The molecule has 1 fully saturated rings. The molecule has 18 heavy (non-hydrogen) atoms. The second kappa shape index (κ2) is 6.30. The zero-order valence-corrected chi connectivity index (χ0v) is 11.4. The van der Waals surface area contributed by atoms with E-state index in [1.807, 2.05) is 19.1 Å². The largest absolute Gasteiger partial charge is 0.311 e. The highest BCUT2D eigenvalue weighted by Gasteiger charge is 2.18. The van der Waals surface area contributed by atoms with Gasteiger partial charge < -0.3 is 10.2 Å². The number of hydrogen-bond acceptors (Lipinski definition) is 2. The van der Waals surface area contributed by atoms with Gasteiger partial charge in [0.15, 0.2) is 0 Å². The van der Waals surface area contributed by atoms with Crippen molar-refractivity contribution >= 4 is 0 Å². The Balaban J connectivity index is 1.82. The van der Waals surface area contributed by atoms with Gasteiger partial charge in [0.05, 0.1) is 0 Å². The number of hydrogen-bond donors (Lipinski definition) is 1. The average Bonchev–Trinajstić information content (AvgIpc) is 2.36. The maximum Gasteiger partial charge on any atom is 0.127 e. The summed E-state index contributed by atoms with van der Waals surface area (Å²) in [6.07, 6.45) is 3.87. The molecule has 1 aromatic rings. The third kappa shape index (κ3) is 3.53. The highest BCUT2D eigenvalue weighted by atomic mass is 19.1. The van der Waals surface area contributed by atoms with Crippen LogP contribution in [0.15, 0.2) is 18.2 Å². The number of rotatable bonds is 4. The standard InChI is InChI=1S/C15H23FN2/c1-12-6-7-15(16)13(9-12)10-17-11-14-5-3-4-8-18(14)2/h6-7,9,14,17H,3-5,8,10-11H2,1-2H3. The van der Waals surface area contributed by atoms with Crippen molar-refractivity contribution in [2.24, 2.45) is 0 Å². The normalized spacial score (nSPS) is 21.2. The van der Waals surface area contributed by atoms with E-state index in [4.69, 9.17) is 0 Å². The van der Waals surface area contributed by atoms with Crippen molar-refractivity contribution in [3.8, 4) is 0 Å². The Bertz CT molecular complexity index is 392. The molecule has 1 heterocycles. The van der Waals surface area contributed by atoms with Gasteiger partial charge in [-0.05, 0) is 39.4 Å². The summed E-state index contributed by atoms with van der Waals surface area (Å²) in [6, 6.07) is 5.89. The fourth-order valence-electron chi connectivity index (χ4n) is 2.61. The van der Waals surface area contributed by atoms with Gasteiger partial charge in [0.1, 0.15) is 5.82 Å². The first-order valence-electron chi connectivity index (χ1n) is 6.83. The minimum atomic E-state index is -0.106. The fraction of sp³-hybridized carbons (Fsp3) is 0.600. The molecule has 0 amide bonds. The zero-order chi connectivity index (χ0) is 13.0. The molecule has 0 radical (unpaired) electrons. The monoisotopic (exact) mass is 250 g/mol. The lowest BCUT2D eigenvalue weighted by atomic mass is 10.0. The van der Waals surface area contributed by atoms with Crippen molar-refractivity contribution in [1.29, 1.82) is 0 Å². The number of aryl methyl sites for hydroxylation is 1. The molecule has 1 aliphatic heterocycles. The molecule has 1 aliphatic rings. The first-order chi connectivity index (χ1) is 8.66. The summed E-state index contributed by atoms with van der Waals surface area (Å²) in [4.78, 5) is 2.41. The Kier molecular flexibility index (Phi) is 4.72. The van der Waals surface area contributed by atoms with E-state index in [2.05, 4.69) is 17.3 Å². The molecule has 1 aromatic carbocycles. The molecule has 0 aliphatic carbocycles. The fourth-order valence-corrected chi connectivity index (χ4v) is 2.61. The topological polar surface area (TPSA) is 15.3 Å². The Morgan fingerprint density at radius 1 is 1.39 bits per heavy atom. The van der Waals surface area contributed by atoms with Crippen molar-refractivity contribution in [3.63, 3.8) is 0 Å². The van der Waals surface area contributed by atoms with E-state index in [1.165, 1.54) is 25.8 Å². The highest BCUT2D eigenvalue weighted by molar-refractivity contribution is 5.23. The molecule has 2 nitrogen and oxygen atoms in total. The molecule has 0 aromatic heterocycles. The third-order valence-corrected chi connectivity index (χ3v) is 3.82. The Morgan fingerprint density at radius 3 is 3.00 bits per heavy atom. The maximum absolute atomic E-state index is 13.6. The van der Waals surface area contributed by atoms with Crippen molar-refractivity contribution in [3.05, 3.63) is 35.1 Å². The van der Waals surface area contributed by atoms with Crippen molar-refractivity contribution < 1.29 is 4.39 Å². The van der Waals surface area contributed by atoms with Crippen LogP contribution in [0.25, 0.3) is 0 Å². The molecule has 1 unspecified atom stereocenters. The number of nitrogens with zero attached hydrogens (tertiary/aromatic N) is 1. The van der Waals surface area contributed by atoms with E-state index in [0.717, 1.165) is 17.7 Å². The van der Waals surface area contributed by atoms with Gasteiger partial charge in [-0.2, -0.15) is 0 Å². The summed E-state index contributed by atoms with van der Waals surface area (Å²) < 4.78 is 13.6. The first kappa shape index (κ1) is 13.5. The van der Waals surface area contributed by atoms with Gasteiger partial charge in [-0.25, -0.2) is 4.39 Å². The number of likely N-dealkylation sites (N-methyl/N-ethyl adjacent to an activating group) is 1. The van der Waals surface area contributed by atoms with Crippen LogP contribution in [-0.4, -0.2) is 31.1 Å². The van der Waals surface area contributed by atoms with Crippen LogP contribution >= 0.6 is 0 Å². The molecular weight excluding hydrogens is 227 g/mol. The predicted octanol–water partition coefficient (Wildman–Crippen LogP) is 2.71. The van der Waals surface area contributed by atoms with E-state index in [-0.39, 0.29) is 5.82 Å². The summed E-state index contributed by atoms with van der Waals surface area (Å²) in [5, 5.41) is 3.39. The lowest BCUT2D eigenvalue weighted by Crippen LogP contribution is -2.42. The highest BCUT2D eigenvalue weighted by Crippen LogP contribution is 2.14. The minimum absolute atomic E-state index is 0.106. The van der Waals surface area contributed by atoms with Crippen LogP contribution in [0, 0.1) is 12.7 Å². The second-order valence-corrected chi connectivity index (χ2v) is 5.36. The third-order valence-electron chi connectivity index (χ3n) is 3.82. The lowest BCUT2D eigenvalue weighted by Gasteiger charge is -2.32. The lowest BCUT2D eigenvalue weighted by molar-refractivity contribution is 0.181. The molecule has 0 spiro atoms. The van der Waals surface area contributed by atoms with Gasteiger partial charge in [-0.15, -0.1) is 0 Å². The predicted molar refractivity (Wildman–Crippen MR) is 73.1 cm³/mol. The first-order valence-corrected chi connectivity index (χ1v) is 6.83. The maximum atomic E-state index is 13.6. The SMILES string of the molecule is Cc1ccc(F)c(CNCC2CCCCN2C)c1. The van der Waals surface area contributed by atoms with Crippen LogP contribution in [-0.2, 0) is 6.54 Å². The van der Waals surface area contributed by atoms with Crippen LogP contribution < -0.4 is 5.32 Å². The number of halogens is 1. The van der Waals surface area contributed by atoms with E-state index in [1.54, 1.807) is 6.07 Å². The summed E-state index contributed by atoms with van der Waals surface area (Å²) >= 11 is 0. The molecule has 1 atom stereocenters. The van der Waals surface area contributed by atoms with E-state index < -0.39 is 0 Å². The summed E-state index contributed by atoms with van der Waals surface area (Å²) in [5.74, 6) is -0.106. The average molecular weight is 250 g/mol. The van der Waals surface area contributed by atoms with E-state index in [9.17, 15) is 4.39 Å². The molecule has 1 N–H and O–H groups in total. The molecule has 0 saturated carbocycles. The van der Waals surface area contributed by atoms with Gasteiger partial charge in [-0.3, -0.25) is 0 Å². The van der Waals surface area contributed by atoms with Crippen LogP contribution in [0.5, 0.6) is 0 Å². The van der Waals surface area contributed by atoms with Crippen molar-refractivity contribution in [2.45, 2.75) is 38.8 Å². The van der Waals surface area contributed by atoms with Gasteiger partial charge in [0, 0.05) is 24.7 Å². The van der Waals surface area contributed by atoms with E-state index >= 15 is 0 Å². The number of nitrogens with one attached hydrogen (secondary N) is 1. The summed E-state index contributed by atoms with van der Waals surface area (Å²) in [6.45, 7) is 4.75. The van der Waals surface area contributed by atoms with Gasteiger partial charge in [0.25, 0.3) is 0 Å². The van der Waals surface area contributed by atoms with Crippen LogP contribution in [0.4, 0.5) is 4.39 Å². The minimum Gasteiger partial charge on any atom is -0.311 e. The van der Waals surface area contributed by atoms with Crippen LogP contribution in [0.2, 0.25) is 0 Å². The van der Waals surface area contributed by atoms with Crippen LogP contribution in [0.3, 0.4) is 0 Å². The van der Waals surface area contributed by atoms with Crippen molar-refractivity contribution in [1.82, 2.24) is 10.2 Å². The summed E-state index contributed by atoms with van der Waals surface area (Å²) in [5.41, 5.74) is 1.89. The van der Waals surface area contributed by atoms with Crippen molar-refractivity contribution in [2.75, 3.05) is 20.1 Å².